The van der Waals surface area contributed by atoms with Crippen LogP contribution in [0.2, 0.25) is 0 Å². The predicted octanol–water partition coefficient (Wildman–Crippen LogP) is 2.38. The summed E-state index contributed by atoms with van der Waals surface area (Å²) in [6.07, 6.45) is 3.66. The van der Waals surface area contributed by atoms with Gasteiger partial charge in [-0.2, -0.15) is 5.10 Å². The predicted molar refractivity (Wildman–Crippen MR) is 52.5 cm³/mol. The van der Waals surface area contributed by atoms with Crippen LogP contribution in [0, 0.1) is 12.7 Å². The standard InChI is InChI=1S/C11H11FN2/c1-9-6-13-14(7-9)8-10-4-2-3-5-11(10)12/h2-7H,8H2,1H3. The smallest absolute Gasteiger partial charge is 0.128 e. The Morgan fingerprint density at radius 1 is 1.36 bits per heavy atom. The first-order valence-corrected chi connectivity index (χ1v) is 4.48. The topological polar surface area (TPSA) is 17.8 Å². The average Bonchev–Trinajstić information content (AvgIpc) is 2.56. The molecule has 2 nitrogen and oxygen atoms in total. The zero-order valence-corrected chi connectivity index (χ0v) is 7.94. The molecule has 0 aliphatic heterocycles. The lowest BCUT2D eigenvalue weighted by Gasteiger charge is -2.02. The highest BCUT2D eigenvalue weighted by Crippen LogP contribution is 2.08. The third kappa shape index (κ3) is 1.82. The van der Waals surface area contributed by atoms with Crippen LogP contribution in [0.1, 0.15) is 11.1 Å². The molecule has 72 valence electrons. The molecule has 1 aromatic carbocycles. The lowest BCUT2D eigenvalue weighted by molar-refractivity contribution is 0.585. The molecule has 0 saturated carbocycles. The first-order chi connectivity index (χ1) is 6.75. The van der Waals surface area contributed by atoms with Gasteiger partial charge in [-0.15, -0.1) is 0 Å². The van der Waals surface area contributed by atoms with E-state index in [0.717, 1.165) is 5.56 Å². The normalized spacial score (nSPS) is 10.4. The Hall–Kier alpha value is -1.64. The second kappa shape index (κ2) is 3.62. The molecule has 0 N–H and O–H groups in total. The van der Waals surface area contributed by atoms with Crippen LogP contribution in [0.4, 0.5) is 4.39 Å². The van der Waals surface area contributed by atoms with E-state index in [1.165, 1.54) is 6.07 Å². The zero-order chi connectivity index (χ0) is 9.97. The van der Waals surface area contributed by atoms with Crippen molar-refractivity contribution in [2.24, 2.45) is 0 Å². The highest BCUT2D eigenvalue weighted by molar-refractivity contribution is 5.17. The average molecular weight is 190 g/mol. The summed E-state index contributed by atoms with van der Waals surface area (Å²) in [6.45, 7) is 2.45. The maximum absolute atomic E-state index is 13.2. The van der Waals surface area contributed by atoms with Gasteiger partial charge in [0.1, 0.15) is 5.82 Å². The van der Waals surface area contributed by atoms with Crippen molar-refractivity contribution < 1.29 is 4.39 Å². The van der Waals surface area contributed by atoms with E-state index in [2.05, 4.69) is 5.10 Å². The molecule has 0 fully saturated rings. The Labute approximate surface area is 82.0 Å². The molecule has 0 aliphatic rings. The van der Waals surface area contributed by atoms with E-state index in [-0.39, 0.29) is 5.82 Å². The van der Waals surface area contributed by atoms with Gasteiger partial charge in [-0.05, 0) is 18.6 Å². The van der Waals surface area contributed by atoms with E-state index in [0.29, 0.717) is 12.1 Å². The number of halogens is 1. The second-order valence-electron chi connectivity index (χ2n) is 3.31. The van der Waals surface area contributed by atoms with Crippen LogP contribution in [0.3, 0.4) is 0 Å². The number of nitrogens with zero attached hydrogens (tertiary/aromatic N) is 2. The number of benzene rings is 1. The third-order valence-corrected chi connectivity index (χ3v) is 2.05. The molecule has 3 heteroatoms. The van der Waals surface area contributed by atoms with E-state index >= 15 is 0 Å². The van der Waals surface area contributed by atoms with Crippen LogP contribution in [0.5, 0.6) is 0 Å². The molecule has 0 amide bonds. The minimum absolute atomic E-state index is 0.180. The van der Waals surface area contributed by atoms with E-state index in [1.54, 1.807) is 23.0 Å². The molecular weight excluding hydrogens is 179 g/mol. The summed E-state index contributed by atoms with van der Waals surface area (Å²) < 4.78 is 15.0. The molecular formula is C11H11FN2. The van der Waals surface area contributed by atoms with Crippen molar-refractivity contribution in [2.45, 2.75) is 13.5 Å². The maximum atomic E-state index is 13.2. The summed E-state index contributed by atoms with van der Waals surface area (Å²) in [6, 6.07) is 6.75. The molecule has 0 unspecified atom stereocenters. The van der Waals surface area contributed by atoms with Crippen molar-refractivity contribution in [1.29, 1.82) is 0 Å². The first-order valence-electron chi connectivity index (χ1n) is 4.48. The summed E-state index contributed by atoms with van der Waals surface area (Å²) in [4.78, 5) is 0. The van der Waals surface area contributed by atoms with Crippen LogP contribution in [-0.4, -0.2) is 9.78 Å². The Morgan fingerprint density at radius 3 is 2.79 bits per heavy atom. The van der Waals surface area contributed by atoms with Crippen molar-refractivity contribution in [2.75, 3.05) is 0 Å². The van der Waals surface area contributed by atoms with Gasteiger partial charge in [0, 0.05) is 11.8 Å². The Bertz CT molecular complexity index is 434. The SMILES string of the molecule is Cc1cnn(Cc2ccccc2F)c1. The fourth-order valence-corrected chi connectivity index (χ4v) is 1.35. The molecule has 1 aromatic heterocycles. The van der Waals surface area contributed by atoms with Gasteiger partial charge in [0.25, 0.3) is 0 Å². The monoisotopic (exact) mass is 190 g/mol. The van der Waals surface area contributed by atoms with Crippen LogP contribution in [0.25, 0.3) is 0 Å². The van der Waals surface area contributed by atoms with Crippen molar-refractivity contribution >= 4 is 0 Å². The molecule has 0 radical (unpaired) electrons. The molecule has 0 aliphatic carbocycles. The maximum Gasteiger partial charge on any atom is 0.128 e. The second-order valence-corrected chi connectivity index (χ2v) is 3.31. The van der Waals surface area contributed by atoms with Crippen LogP contribution in [0.15, 0.2) is 36.7 Å². The summed E-state index contributed by atoms with van der Waals surface area (Å²) in [5.74, 6) is -0.180. The minimum atomic E-state index is -0.180. The Kier molecular flexibility index (Phi) is 2.31. The van der Waals surface area contributed by atoms with Gasteiger partial charge in [-0.25, -0.2) is 4.39 Å². The van der Waals surface area contributed by atoms with Crippen LogP contribution < -0.4 is 0 Å². The Balaban J connectivity index is 2.23. The van der Waals surface area contributed by atoms with Gasteiger partial charge in [0.05, 0.1) is 12.7 Å². The number of rotatable bonds is 2. The molecule has 0 bridgehead atoms. The van der Waals surface area contributed by atoms with E-state index in [1.807, 2.05) is 19.2 Å². The number of hydrogen-bond acceptors (Lipinski definition) is 1. The summed E-state index contributed by atoms with van der Waals surface area (Å²) in [7, 11) is 0. The molecule has 0 atom stereocenters. The summed E-state index contributed by atoms with van der Waals surface area (Å²) >= 11 is 0. The minimum Gasteiger partial charge on any atom is -0.268 e. The van der Waals surface area contributed by atoms with E-state index < -0.39 is 0 Å². The van der Waals surface area contributed by atoms with Crippen LogP contribution in [-0.2, 0) is 6.54 Å². The fraction of sp³-hybridized carbons (Fsp3) is 0.182. The van der Waals surface area contributed by atoms with Gasteiger partial charge >= 0.3 is 0 Å². The number of aromatic nitrogens is 2. The van der Waals surface area contributed by atoms with Gasteiger partial charge in [0.2, 0.25) is 0 Å². The highest BCUT2D eigenvalue weighted by Gasteiger charge is 2.01. The van der Waals surface area contributed by atoms with Gasteiger partial charge < -0.3 is 0 Å². The molecule has 1 heterocycles. The number of aryl methyl sites for hydroxylation is 1. The van der Waals surface area contributed by atoms with E-state index in [4.69, 9.17) is 0 Å². The zero-order valence-electron chi connectivity index (χ0n) is 7.94. The van der Waals surface area contributed by atoms with Crippen LogP contribution >= 0.6 is 0 Å². The molecule has 0 spiro atoms. The largest absolute Gasteiger partial charge is 0.268 e. The first kappa shape index (κ1) is 8.94. The fourth-order valence-electron chi connectivity index (χ4n) is 1.35. The van der Waals surface area contributed by atoms with Crippen molar-refractivity contribution in [3.05, 3.63) is 53.6 Å². The van der Waals surface area contributed by atoms with Crippen molar-refractivity contribution in [3.63, 3.8) is 0 Å². The van der Waals surface area contributed by atoms with Gasteiger partial charge in [-0.3, -0.25) is 4.68 Å². The van der Waals surface area contributed by atoms with Crippen molar-refractivity contribution in [3.8, 4) is 0 Å². The molecule has 0 saturated heterocycles. The number of hydrogen-bond donors (Lipinski definition) is 0. The van der Waals surface area contributed by atoms with Crippen molar-refractivity contribution in [1.82, 2.24) is 9.78 Å². The van der Waals surface area contributed by atoms with Gasteiger partial charge in [0.15, 0.2) is 0 Å². The Morgan fingerprint density at radius 2 is 2.14 bits per heavy atom. The van der Waals surface area contributed by atoms with E-state index in [9.17, 15) is 4.39 Å². The summed E-state index contributed by atoms with van der Waals surface area (Å²) in [5.41, 5.74) is 1.75. The highest BCUT2D eigenvalue weighted by atomic mass is 19.1. The quantitative estimate of drug-likeness (QED) is 0.711. The third-order valence-electron chi connectivity index (χ3n) is 2.05. The molecule has 2 rings (SSSR count). The lowest BCUT2D eigenvalue weighted by Crippen LogP contribution is -2.01. The summed E-state index contributed by atoms with van der Waals surface area (Å²) in [5, 5.41) is 4.10. The van der Waals surface area contributed by atoms with Gasteiger partial charge in [-0.1, -0.05) is 18.2 Å². The molecule has 14 heavy (non-hydrogen) atoms. The molecule has 2 aromatic rings. The lowest BCUT2D eigenvalue weighted by atomic mass is 10.2.